The molecule has 2 N–H and O–H groups in total. The highest BCUT2D eigenvalue weighted by Gasteiger charge is 2.19. The first-order valence-electron chi connectivity index (χ1n) is 7.03. The summed E-state index contributed by atoms with van der Waals surface area (Å²) in [5.74, 6) is 0.00319. The van der Waals surface area contributed by atoms with Gasteiger partial charge < -0.3 is 10.6 Å². The quantitative estimate of drug-likeness (QED) is 0.896. The first kappa shape index (κ1) is 15.3. The summed E-state index contributed by atoms with van der Waals surface area (Å²) in [6.07, 6.45) is 2.32. The van der Waals surface area contributed by atoms with Crippen LogP contribution in [0.2, 0.25) is 5.02 Å². The fourth-order valence-electron chi connectivity index (χ4n) is 2.48. The molecule has 0 radical (unpaired) electrons. The summed E-state index contributed by atoms with van der Waals surface area (Å²) in [7, 11) is 2.00. The van der Waals surface area contributed by atoms with Gasteiger partial charge in [-0.2, -0.15) is 0 Å². The third-order valence-corrected chi connectivity index (χ3v) is 4.00. The molecule has 4 nitrogen and oxygen atoms in total. The van der Waals surface area contributed by atoms with Crippen LogP contribution in [0.4, 0.5) is 5.69 Å². The van der Waals surface area contributed by atoms with Gasteiger partial charge in [-0.1, -0.05) is 17.7 Å². The van der Waals surface area contributed by atoms with Crippen molar-refractivity contribution in [2.75, 3.05) is 32.0 Å². The van der Waals surface area contributed by atoms with Crippen molar-refractivity contribution in [3.8, 4) is 0 Å². The van der Waals surface area contributed by atoms with Crippen molar-refractivity contribution in [3.63, 3.8) is 0 Å². The van der Waals surface area contributed by atoms with Crippen LogP contribution in [0.5, 0.6) is 0 Å². The summed E-state index contributed by atoms with van der Waals surface area (Å²) in [5, 5.41) is 6.93. The number of hydrogen-bond acceptors (Lipinski definition) is 3. The van der Waals surface area contributed by atoms with E-state index in [-0.39, 0.29) is 5.91 Å². The number of halogens is 1. The number of carbonyl (C=O) groups is 1. The maximum absolute atomic E-state index is 12.1. The normalized spacial score (nSPS) is 19.1. The van der Waals surface area contributed by atoms with Crippen molar-refractivity contribution in [1.29, 1.82) is 0 Å². The van der Waals surface area contributed by atoms with E-state index < -0.39 is 0 Å². The van der Waals surface area contributed by atoms with Gasteiger partial charge in [-0.3, -0.25) is 9.69 Å². The van der Waals surface area contributed by atoms with Gasteiger partial charge in [0, 0.05) is 23.3 Å². The molecule has 1 aliphatic heterocycles. The molecule has 0 saturated carbocycles. The second-order valence-corrected chi connectivity index (χ2v) is 5.86. The minimum absolute atomic E-state index is 0.00319. The van der Waals surface area contributed by atoms with Gasteiger partial charge in [-0.25, -0.2) is 0 Å². The van der Waals surface area contributed by atoms with Crippen molar-refractivity contribution in [2.24, 2.45) is 0 Å². The number of benzene rings is 1. The molecule has 1 unspecified atom stereocenters. The molecule has 1 aliphatic rings. The van der Waals surface area contributed by atoms with Crippen molar-refractivity contribution in [3.05, 3.63) is 28.8 Å². The Morgan fingerprint density at radius 1 is 1.55 bits per heavy atom. The molecule has 1 aromatic rings. The Bertz CT molecular complexity index is 472. The van der Waals surface area contributed by atoms with Gasteiger partial charge in [-0.15, -0.1) is 0 Å². The number of likely N-dealkylation sites (N-methyl/N-ethyl adjacent to an activating group) is 1. The van der Waals surface area contributed by atoms with Gasteiger partial charge in [0.25, 0.3) is 0 Å². The first-order valence-corrected chi connectivity index (χ1v) is 7.41. The van der Waals surface area contributed by atoms with E-state index in [0.717, 1.165) is 30.8 Å². The zero-order valence-corrected chi connectivity index (χ0v) is 12.8. The van der Waals surface area contributed by atoms with E-state index in [4.69, 9.17) is 11.6 Å². The lowest BCUT2D eigenvalue weighted by Gasteiger charge is -2.31. The highest BCUT2D eigenvalue weighted by Crippen LogP contribution is 2.20. The van der Waals surface area contributed by atoms with E-state index in [1.807, 2.05) is 26.1 Å². The topological polar surface area (TPSA) is 44.4 Å². The molecule has 0 bridgehead atoms. The number of amides is 1. The Hall–Kier alpha value is -1.10. The minimum Gasteiger partial charge on any atom is -0.325 e. The summed E-state index contributed by atoms with van der Waals surface area (Å²) in [6.45, 7) is 4.40. The van der Waals surface area contributed by atoms with E-state index in [2.05, 4.69) is 15.5 Å². The lowest BCUT2D eigenvalue weighted by molar-refractivity contribution is -0.117. The molecule has 1 fully saturated rings. The molecular weight excluding hydrogens is 274 g/mol. The number of carbonyl (C=O) groups excluding carboxylic acids is 1. The Kier molecular flexibility index (Phi) is 5.40. The molecule has 1 saturated heterocycles. The van der Waals surface area contributed by atoms with Gasteiger partial charge in [0.2, 0.25) is 5.91 Å². The van der Waals surface area contributed by atoms with Gasteiger partial charge in [0.05, 0.1) is 6.54 Å². The highest BCUT2D eigenvalue weighted by molar-refractivity contribution is 6.31. The summed E-state index contributed by atoms with van der Waals surface area (Å²) in [4.78, 5) is 14.2. The predicted octanol–water partition coefficient (Wildman–Crippen LogP) is 2.27. The van der Waals surface area contributed by atoms with Crippen molar-refractivity contribution in [2.45, 2.75) is 25.8 Å². The Labute approximate surface area is 125 Å². The number of hydrogen-bond donors (Lipinski definition) is 2. The average molecular weight is 296 g/mol. The van der Waals surface area contributed by atoms with Crippen LogP contribution >= 0.6 is 11.6 Å². The highest BCUT2D eigenvalue weighted by atomic mass is 35.5. The molecule has 1 atom stereocenters. The maximum Gasteiger partial charge on any atom is 0.238 e. The standard InChI is InChI=1S/C15H22ClN3O/c1-11-5-6-12(16)8-14(11)18-15(20)10-19(2)13-4-3-7-17-9-13/h5-6,8,13,17H,3-4,7,9-10H2,1-2H3,(H,18,20). The Morgan fingerprint density at radius 2 is 2.35 bits per heavy atom. The number of nitrogens with one attached hydrogen (secondary N) is 2. The number of nitrogens with zero attached hydrogens (tertiary/aromatic N) is 1. The predicted molar refractivity (Wildman–Crippen MR) is 83.3 cm³/mol. The van der Waals surface area contributed by atoms with Crippen LogP contribution < -0.4 is 10.6 Å². The van der Waals surface area contributed by atoms with Crippen LogP contribution in [-0.4, -0.2) is 43.5 Å². The molecule has 0 spiro atoms. The average Bonchev–Trinajstić information content (AvgIpc) is 2.43. The maximum atomic E-state index is 12.1. The van der Waals surface area contributed by atoms with Crippen molar-refractivity contribution in [1.82, 2.24) is 10.2 Å². The summed E-state index contributed by atoms with van der Waals surface area (Å²) in [5.41, 5.74) is 1.81. The van der Waals surface area contributed by atoms with Crippen molar-refractivity contribution < 1.29 is 4.79 Å². The second kappa shape index (κ2) is 7.07. The molecule has 110 valence electrons. The molecule has 1 heterocycles. The number of aryl methyl sites for hydroxylation is 1. The Morgan fingerprint density at radius 3 is 3.05 bits per heavy atom. The van der Waals surface area contributed by atoms with Crippen LogP contribution in [0, 0.1) is 6.92 Å². The monoisotopic (exact) mass is 295 g/mol. The largest absolute Gasteiger partial charge is 0.325 e. The van der Waals surface area contributed by atoms with Crippen molar-refractivity contribution >= 4 is 23.2 Å². The lowest BCUT2D eigenvalue weighted by atomic mass is 10.1. The lowest BCUT2D eigenvalue weighted by Crippen LogP contribution is -2.46. The summed E-state index contributed by atoms with van der Waals surface area (Å²) in [6, 6.07) is 5.96. The van der Waals surface area contributed by atoms with Crippen LogP contribution in [0.25, 0.3) is 0 Å². The fourth-order valence-corrected chi connectivity index (χ4v) is 2.66. The third kappa shape index (κ3) is 4.20. The number of piperidine rings is 1. The second-order valence-electron chi connectivity index (χ2n) is 5.42. The van der Waals surface area contributed by atoms with E-state index in [1.165, 1.54) is 6.42 Å². The molecule has 1 amide bonds. The van der Waals surface area contributed by atoms with E-state index >= 15 is 0 Å². The van der Waals surface area contributed by atoms with Gasteiger partial charge in [0.1, 0.15) is 0 Å². The van der Waals surface area contributed by atoms with Crippen LogP contribution in [0.1, 0.15) is 18.4 Å². The minimum atomic E-state index is 0.00319. The van der Waals surface area contributed by atoms with E-state index in [1.54, 1.807) is 6.07 Å². The van der Waals surface area contributed by atoms with Gasteiger partial charge >= 0.3 is 0 Å². The van der Waals surface area contributed by atoms with Crippen LogP contribution in [-0.2, 0) is 4.79 Å². The van der Waals surface area contributed by atoms with E-state index in [0.29, 0.717) is 17.6 Å². The van der Waals surface area contributed by atoms with Crippen LogP contribution in [0.15, 0.2) is 18.2 Å². The fraction of sp³-hybridized carbons (Fsp3) is 0.533. The molecule has 1 aromatic carbocycles. The summed E-state index contributed by atoms with van der Waals surface area (Å²) < 4.78 is 0. The zero-order valence-electron chi connectivity index (χ0n) is 12.1. The molecule has 5 heteroatoms. The smallest absolute Gasteiger partial charge is 0.238 e. The third-order valence-electron chi connectivity index (χ3n) is 3.76. The van der Waals surface area contributed by atoms with Gasteiger partial charge in [-0.05, 0) is 51.1 Å². The molecule has 2 rings (SSSR count). The SMILES string of the molecule is Cc1ccc(Cl)cc1NC(=O)CN(C)C1CCCNC1. The number of rotatable bonds is 4. The first-order chi connectivity index (χ1) is 9.56. The van der Waals surface area contributed by atoms with Crippen LogP contribution in [0.3, 0.4) is 0 Å². The van der Waals surface area contributed by atoms with E-state index in [9.17, 15) is 4.79 Å². The zero-order chi connectivity index (χ0) is 14.5. The molecular formula is C15H22ClN3O. The summed E-state index contributed by atoms with van der Waals surface area (Å²) >= 11 is 5.96. The van der Waals surface area contributed by atoms with Gasteiger partial charge in [0.15, 0.2) is 0 Å². The Balaban J connectivity index is 1.89. The number of anilines is 1. The molecule has 20 heavy (non-hydrogen) atoms. The molecule has 0 aliphatic carbocycles. The molecule has 0 aromatic heterocycles.